The molecular weight excluding hydrogens is 142 g/mol. The number of hydrogen-bond donors (Lipinski definition) is 2. The Hall–Kier alpha value is -1.32. The quantitative estimate of drug-likeness (QED) is 0.632. The third kappa shape index (κ3) is 1.58. The molecule has 1 rings (SSSR count). The van der Waals surface area contributed by atoms with Crippen LogP contribution in [0.4, 0.5) is 5.82 Å². The standard InChI is InChI=1S/C7H11N3O/c1-4-5(2)9-10-7(4)8-6(3)11/h1-3H3,(H2,8,9,10,11). The molecule has 0 aromatic carbocycles. The molecule has 60 valence electrons. The summed E-state index contributed by atoms with van der Waals surface area (Å²) in [5, 5.41) is 9.29. The molecule has 0 aliphatic rings. The maximum atomic E-state index is 10.6. The van der Waals surface area contributed by atoms with Gasteiger partial charge in [0, 0.05) is 18.2 Å². The molecule has 0 atom stereocenters. The van der Waals surface area contributed by atoms with Crippen molar-refractivity contribution in [1.82, 2.24) is 10.2 Å². The van der Waals surface area contributed by atoms with Crippen LogP contribution in [-0.2, 0) is 4.79 Å². The third-order valence-electron chi connectivity index (χ3n) is 1.55. The highest BCUT2D eigenvalue weighted by Gasteiger charge is 2.05. The summed E-state index contributed by atoms with van der Waals surface area (Å²) in [6.45, 7) is 5.28. The van der Waals surface area contributed by atoms with Crippen molar-refractivity contribution < 1.29 is 4.79 Å². The SMILES string of the molecule is CC(=O)Nc1n[nH]c(C)c1C. The summed E-state index contributed by atoms with van der Waals surface area (Å²) in [4.78, 5) is 10.6. The minimum Gasteiger partial charge on any atom is -0.309 e. The normalized spacial score (nSPS) is 9.73. The summed E-state index contributed by atoms with van der Waals surface area (Å²) in [6, 6.07) is 0. The van der Waals surface area contributed by atoms with E-state index in [2.05, 4.69) is 15.5 Å². The van der Waals surface area contributed by atoms with Crippen LogP contribution < -0.4 is 5.32 Å². The number of aromatic amines is 1. The van der Waals surface area contributed by atoms with Crippen LogP contribution in [0.25, 0.3) is 0 Å². The molecule has 0 unspecified atom stereocenters. The summed E-state index contributed by atoms with van der Waals surface area (Å²) in [7, 11) is 0. The van der Waals surface area contributed by atoms with Crippen molar-refractivity contribution in [3.63, 3.8) is 0 Å². The van der Waals surface area contributed by atoms with Crippen molar-refractivity contribution in [2.45, 2.75) is 20.8 Å². The first kappa shape index (κ1) is 7.78. The number of amides is 1. The fourth-order valence-corrected chi connectivity index (χ4v) is 0.774. The number of nitrogens with one attached hydrogen (secondary N) is 2. The Bertz CT molecular complexity index is 277. The molecule has 1 amide bonds. The van der Waals surface area contributed by atoms with Crippen LogP contribution in [0.3, 0.4) is 0 Å². The highest BCUT2D eigenvalue weighted by atomic mass is 16.1. The monoisotopic (exact) mass is 153 g/mol. The van der Waals surface area contributed by atoms with E-state index in [0.29, 0.717) is 5.82 Å². The zero-order valence-electron chi connectivity index (χ0n) is 6.86. The fraction of sp³-hybridized carbons (Fsp3) is 0.429. The zero-order valence-corrected chi connectivity index (χ0v) is 6.86. The van der Waals surface area contributed by atoms with Gasteiger partial charge in [0.15, 0.2) is 5.82 Å². The smallest absolute Gasteiger partial charge is 0.222 e. The van der Waals surface area contributed by atoms with E-state index in [1.165, 1.54) is 6.92 Å². The molecule has 11 heavy (non-hydrogen) atoms. The maximum absolute atomic E-state index is 10.6. The van der Waals surface area contributed by atoms with Gasteiger partial charge in [-0.05, 0) is 13.8 Å². The summed E-state index contributed by atoms with van der Waals surface area (Å²) in [6.07, 6.45) is 0. The van der Waals surface area contributed by atoms with Crippen LogP contribution in [0.1, 0.15) is 18.2 Å². The first-order chi connectivity index (χ1) is 5.11. The van der Waals surface area contributed by atoms with Gasteiger partial charge < -0.3 is 5.32 Å². The maximum Gasteiger partial charge on any atom is 0.222 e. The molecule has 0 fully saturated rings. The van der Waals surface area contributed by atoms with Gasteiger partial charge in [-0.15, -0.1) is 0 Å². The largest absolute Gasteiger partial charge is 0.309 e. The lowest BCUT2D eigenvalue weighted by molar-refractivity contribution is -0.114. The predicted molar refractivity (Wildman–Crippen MR) is 42.4 cm³/mol. The molecule has 4 heteroatoms. The van der Waals surface area contributed by atoms with E-state index in [1.807, 2.05) is 13.8 Å². The Morgan fingerprint density at radius 3 is 2.55 bits per heavy atom. The van der Waals surface area contributed by atoms with Crippen molar-refractivity contribution in [2.75, 3.05) is 5.32 Å². The Morgan fingerprint density at radius 1 is 1.55 bits per heavy atom. The summed E-state index contributed by atoms with van der Waals surface area (Å²) in [5.74, 6) is 0.523. The number of anilines is 1. The van der Waals surface area contributed by atoms with Crippen LogP contribution in [0, 0.1) is 13.8 Å². The average Bonchev–Trinajstić information content (AvgIpc) is 2.18. The minimum absolute atomic E-state index is 0.0976. The Kier molecular flexibility index (Phi) is 1.94. The molecule has 0 spiro atoms. The molecule has 4 nitrogen and oxygen atoms in total. The van der Waals surface area contributed by atoms with Gasteiger partial charge >= 0.3 is 0 Å². The van der Waals surface area contributed by atoms with E-state index in [4.69, 9.17) is 0 Å². The van der Waals surface area contributed by atoms with E-state index in [0.717, 1.165) is 11.3 Å². The summed E-state index contributed by atoms with van der Waals surface area (Å²) in [5.41, 5.74) is 1.97. The zero-order chi connectivity index (χ0) is 8.43. The van der Waals surface area contributed by atoms with Gasteiger partial charge in [0.25, 0.3) is 0 Å². The Balaban J connectivity index is 2.87. The van der Waals surface area contributed by atoms with Gasteiger partial charge in [-0.1, -0.05) is 0 Å². The minimum atomic E-state index is -0.0976. The topological polar surface area (TPSA) is 57.8 Å². The van der Waals surface area contributed by atoms with Gasteiger partial charge in [0.2, 0.25) is 5.91 Å². The van der Waals surface area contributed by atoms with E-state index < -0.39 is 0 Å². The van der Waals surface area contributed by atoms with E-state index >= 15 is 0 Å². The van der Waals surface area contributed by atoms with E-state index in [9.17, 15) is 4.79 Å². The molecule has 0 aliphatic carbocycles. The predicted octanol–water partition coefficient (Wildman–Crippen LogP) is 0.985. The van der Waals surface area contributed by atoms with Gasteiger partial charge in [-0.3, -0.25) is 9.89 Å². The molecular formula is C7H11N3O. The fourth-order valence-electron chi connectivity index (χ4n) is 0.774. The van der Waals surface area contributed by atoms with Crippen LogP contribution in [-0.4, -0.2) is 16.1 Å². The molecule has 0 aliphatic heterocycles. The van der Waals surface area contributed by atoms with Crippen LogP contribution in [0.15, 0.2) is 0 Å². The number of aromatic nitrogens is 2. The number of H-pyrrole nitrogens is 1. The lowest BCUT2D eigenvalue weighted by Crippen LogP contribution is -2.06. The number of aryl methyl sites for hydroxylation is 1. The molecule has 0 saturated carbocycles. The van der Waals surface area contributed by atoms with Crippen LogP contribution in [0.2, 0.25) is 0 Å². The average molecular weight is 153 g/mol. The van der Waals surface area contributed by atoms with Crippen molar-refractivity contribution in [3.05, 3.63) is 11.3 Å². The number of hydrogen-bond acceptors (Lipinski definition) is 2. The Labute approximate surface area is 65.0 Å². The second kappa shape index (κ2) is 2.74. The number of rotatable bonds is 1. The molecule has 2 N–H and O–H groups in total. The second-order valence-corrected chi connectivity index (χ2v) is 2.50. The Morgan fingerprint density at radius 2 is 2.18 bits per heavy atom. The van der Waals surface area contributed by atoms with Crippen molar-refractivity contribution in [3.8, 4) is 0 Å². The van der Waals surface area contributed by atoms with Crippen LogP contribution in [0.5, 0.6) is 0 Å². The highest BCUT2D eigenvalue weighted by molar-refractivity contribution is 5.88. The lowest BCUT2D eigenvalue weighted by Gasteiger charge is -1.96. The number of carbonyl (C=O) groups excluding carboxylic acids is 1. The van der Waals surface area contributed by atoms with Gasteiger partial charge in [0.1, 0.15) is 0 Å². The van der Waals surface area contributed by atoms with Crippen molar-refractivity contribution in [1.29, 1.82) is 0 Å². The van der Waals surface area contributed by atoms with E-state index in [1.54, 1.807) is 0 Å². The summed E-state index contributed by atoms with van der Waals surface area (Å²) >= 11 is 0. The first-order valence-electron chi connectivity index (χ1n) is 3.40. The molecule has 1 aromatic rings. The van der Waals surface area contributed by atoms with Gasteiger partial charge in [-0.2, -0.15) is 5.10 Å². The van der Waals surface area contributed by atoms with E-state index in [-0.39, 0.29) is 5.91 Å². The number of nitrogens with zero attached hydrogens (tertiary/aromatic N) is 1. The lowest BCUT2D eigenvalue weighted by atomic mass is 10.3. The van der Waals surface area contributed by atoms with Gasteiger partial charge in [-0.25, -0.2) is 0 Å². The highest BCUT2D eigenvalue weighted by Crippen LogP contribution is 2.12. The molecule has 0 saturated heterocycles. The molecule has 0 bridgehead atoms. The molecule has 1 heterocycles. The van der Waals surface area contributed by atoms with Crippen molar-refractivity contribution >= 4 is 11.7 Å². The first-order valence-corrected chi connectivity index (χ1v) is 3.40. The van der Waals surface area contributed by atoms with Crippen LogP contribution >= 0.6 is 0 Å². The molecule has 0 radical (unpaired) electrons. The van der Waals surface area contributed by atoms with Crippen molar-refractivity contribution in [2.24, 2.45) is 0 Å². The third-order valence-corrected chi connectivity index (χ3v) is 1.55. The second-order valence-electron chi connectivity index (χ2n) is 2.50. The molecule has 1 aromatic heterocycles. The van der Waals surface area contributed by atoms with Gasteiger partial charge in [0.05, 0.1) is 0 Å². The number of carbonyl (C=O) groups is 1. The summed E-state index contributed by atoms with van der Waals surface area (Å²) < 4.78 is 0.